The normalized spacial score (nSPS) is 20.3. The predicted octanol–water partition coefficient (Wildman–Crippen LogP) is 11.3. The summed E-state index contributed by atoms with van der Waals surface area (Å²) in [6, 6.07) is 42.4. The number of piperazine rings is 5. The molecular formula is C73H110N14. The van der Waals surface area contributed by atoms with Gasteiger partial charge >= 0.3 is 0 Å². The number of rotatable bonds is 8. The summed E-state index contributed by atoms with van der Waals surface area (Å²) < 4.78 is 0. The molecule has 6 saturated heterocycles. The first kappa shape index (κ1) is 66.7. The van der Waals surface area contributed by atoms with Crippen LogP contribution in [0.3, 0.4) is 0 Å². The zero-order valence-corrected chi connectivity index (χ0v) is 55.5. The van der Waals surface area contributed by atoms with Crippen molar-refractivity contribution >= 4 is 34.5 Å². The van der Waals surface area contributed by atoms with E-state index in [1.54, 1.807) is 0 Å². The number of anilines is 6. The Morgan fingerprint density at radius 3 is 1.37 bits per heavy atom. The van der Waals surface area contributed by atoms with Crippen molar-refractivity contribution in [2.75, 3.05) is 167 Å². The number of benzene rings is 4. The maximum absolute atomic E-state index is 4.43. The maximum Gasteiger partial charge on any atom is 0.225 e. The molecule has 0 amide bonds. The summed E-state index contributed by atoms with van der Waals surface area (Å²) in [5, 5.41) is 6.91. The van der Waals surface area contributed by atoms with Gasteiger partial charge in [0, 0.05) is 196 Å². The fourth-order valence-electron chi connectivity index (χ4n) is 12.2. The minimum atomic E-state index is 0.579. The van der Waals surface area contributed by atoms with Gasteiger partial charge in [0.2, 0.25) is 5.95 Å². The highest BCUT2D eigenvalue weighted by molar-refractivity contribution is 5.51. The second-order valence-electron chi connectivity index (χ2n) is 25.9. The van der Waals surface area contributed by atoms with Gasteiger partial charge in [-0.2, -0.15) is 0 Å². The summed E-state index contributed by atoms with van der Waals surface area (Å²) in [5.41, 5.74) is 13.2. The van der Waals surface area contributed by atoms with E-state index in [1.807, 2.05) is 25.5 Å². The Labute approximate surface area is 526 Å². The van der Waals surface area contributed by atoms with Gasteiger partial charge in [0.1, 0.15) is 5.82 Å². The molecule has 8 heterocycles. The van der Waals surface area contributed by atoms with Crippen LogP contribution in [0.15, 0.2) is 128 Å². The van der Waals surface area contributed by atoms with Crippen LogP contribution in [-0.2, 0) is 0 Å². The highest BCUT2D eigenvalue weighted by Crippen LogP contribution is 2.29. The molecule has 0 bridgehead atoms. The van der Waals surface area contributed by atoms with Gasteiger partial charge in [-0.1, -0.05) is 71.3 Å². The fourth-order valence-corrected chi connectivity index (χ4v) is 12.2. The van der Waals surface area contributed by atoms with Crippen molar-refractivity contribution in [2.45, 2.75) is 126 Å². The minimum absolute atomic E-state index is 0.579. The smallest absolute Gasteiger partial charge is 0.225 e. The van der Waals surface area contributed by atoms with Crippen molar-refractivity contribution in [3.8, 4) is 0 Å². The van der Waals surface area contributed by atoms with Gasteiger partial charge in [-0.05, 0) is 180 Å². The Morgan fingerprint density at radius 2 is 0.885 bits per heavy atom. The lowest BCUT2D eigenvalue weighted by Crippen LogP contribution is -2.54. The third kappa shape index (κ3) is 22.4. The number of likely N-dealkylation sites (N-methyl/N-ethyl adjacent to an activating group) is 1. The minimum Gasteiger partial charge on any atom is -0.369 e. The Kier molecular flexibility index (Phi) is 26.4. The van der Waals surface area contributed by atoms with E-state index in [0.717, 1.165) is 102 Å². The van der Waals surface area contributed by atoms with Crippen LogP contribution in [0.25, 0.3) is 0 Å². The molecule has 0 spiro atoms. The monoisotopic (exact) mass is 1180 g/mol. The van der Waals surface area contributed by atoms with Gasteiger partial charge in [0.15, 0.2) is 0 Å². The van der Waals surface area contributed by atoms with E-state index in [4.69, 9.17) is 0 Å². The number of nitrogens with zero attached hydrogens (tertiary/aromatic N) is 12. The Balaban J connectivity index is 0.000000136. The SMILES string of the molecule is Cc1ccc(N2CC(C)NC(C)C2)cc1.Cc1ccc(N2CCCCC2)nc1.Cc1ccc(N2CCN(C(C)C)CC2)cc1.Cc1ccc(N2CCN(C3CC3)CC2)cc1.Cc1cccc(N2CCNCC2)c1.Cc1cnc(N2CCN(C)CC2)nc1. The van der Waals surface area contributed by atoms with E-state index < -0.39 is 0 Å². The quantitative estimate of drug-likeness (QED) is 0.152. The molecule has 14 nitrogen and oxygen atoms in total. The van der Waals surface area contributed by atoms with Gasteiger partial charge in [-0.15, -0.1) is 0 Å². The number of hydrogen-bond donors (Lipinski definition) is 2. The first-order valence-electron chi connectivity index (χ1n) is 33.2. The molecule has 2 N–H and O–H groups in total. The standard InChI is InChI=1S/C14H20N2.C14H22N2.C13H20N2.2C11H16N2.C10H16N4/c1-12-2-4-13(5-3-12)15-8-10-16(11-9-15)14-6-7-14;1-12(2)15-8-10-16(11-9-15)14-6-4-13(3)5-7-14;1-10-4-6-13(7-5-10)15-8-11(2)14-12(3)9-15;1-10-3-2-4-11(9-10)13-7-5-12-6-8-13;1-10-5-6-11(12-9-10)13-7-3-2-4-8-13;1-9-7-11-10(12-8-9)14-5-3-13(2)4-6-14/h2-5,14H,6-11H2,1H3;4-7,12H,8-11H2,1-3H3;4-7,11-12,14H,8-9H2,1-3H3;2-4,9,12H,5-8H2,1H3;5-6,9H,2-4,7-8H2,1H3;7-8H,3-6H2,1-2H3. The molecule has 472 valence electrons. The van der Waals surface area contributed by atoms with E-state index in [9.17, 15) is 0 Å². The van der Waals surface area contributed by atoms with Crippen LogP contribution in [0.1, 0.15) is 93.2 Å². The molecule has 4 aromatic carbocycles. The lowest BCUT2D eigenvalue weighted by molar-refractivity contribution is 0.209. The van der Waals surface area contributed by atoms with Crippen LogP contribution >= 0.6 is 0 Å². The van der Waals surface area contributed by atoms with Crippen LogP contribution in [-0.4, -0.2) is 192 Å². The third-order valence-electron chi connectivity index (χ3n) is 17.8. The maximum atomic E-state index is 4.43. The van der Waals surface area contributed by atoms with Crippen LogP contribution in [0, 0.1) is 41.5 Å². The first-order valence-corrected chi connectivity index (χ1v) is 33.2. The van der Waals surface area contributed by atoms with Crippen LogP contribution < -0.4 is 40.0 Å². The summed E-state index contributed by atoms with van der Waals surface area (Å²) in [7, 11) is 2.15. The van der Waals surface area contributed by atoms with Gasteiger partial charge in [-0.3, -0.25) is 9.80 Å². The molecule has 2 aromatic heterocycles. The molecule has 1 aliphatic carbocycles. The van der Waals surface area contributed by atoms with Crippen LogP contribution in [0.5, 0.6) is 0 Å². The van der Waals surface area contributed by atoms with Crippen molar-refractivity contribution in [1.82, 2.24) is 40.3 Å². The molecule has 6 aromatic rings. The molecule has 87 heavy (non-hydrogen) atoms. The zero-order valence-electron chi connectivity index (χ0n) is 55.5. The molecule has 7 aliphatic rings. The van der Waals surface area contributed by atoms with Crippen molar-refractivity contribution in [2.24, 2.45) is 0 Å². The van der Waals surface area contributed by atoms with Gasteiger partial charge < -0.3 is 44.9 Å². The number of aryl methyl sites for hydroxylation is 6. The highest BCUT2D eigenvalue weighted by Gasteiger charge is 2.31. The van der Waals surface area contributed by atoms with Gasteiger partial charge in [0.25, 0.3) is 0 Å². The molecule has 1 saturated carbocycles. The summed E-state index contributed by atoms with van der Waals surface area (Å²) in [6.07, 6.45) is 12.6. The summed E-state index contributed by atoms with van der Waals surface area (Å²) in [6.45, 7) is 44.5. The van der Waals surface area contributed by atoms with Crippen molar-refractivity contribution in [3.63, 3.8) is 0 Å². The summed E-state index contributed by atoms with van der Waals surface area (Å²) in [5.74, 6) is 2.01. The molecule has 7 fully saturated rings. The molecule has 14 heteroatoms. The molecule has 2 unspecified atom stereocenters. The average Bonchev–Trinajstić information content (AvgIpc) is 4.09. The number of pyridine rings is 1. The lowest BCUT2D eigenvalue weighted by atomic mass is 10.1. The molecule has 13 rings (SSSR count). The third-order valence-corrected chi connectivity index (χ3v) is 17.8. The average molecular weight is 1180 g/mol. The topological polar surface area (TPSA) is 91.9 Å². The highest BCUT2D eigenvalue weighted by atomic mass is 15.3. The van der Waals surface area contributed by atoms with E-state index in [2.05, 4.69) is 248 Å². The first-order chi connectivity index (χ1) is 42.1. The number of nitrogens with one attached hydrogen (secondary N) is 2. The van der Waals surface area contributed by atoms with Crippen molar-refractivity contribution < 1.29 is 0 Å². The fraction of sp³-hybridized carbons (Fsp3) is 0.548. The van der Waals surface area contributed by atoms with E-state index >= 15 is 0 Å². The van der Waals surface area contributed by atoms with Crippen LogP contribution in [0.2, 0.25) is 0 Å². The summed E-state index contributed by atoms with van der Waals surface area (Å²) in [4.78, 5) is 35.1. The predicted molar refractivity (Wildman–Crippen MR) is 371 cm³/mol. The largest absolute Gasteiger partial charge is 0.369 e. The number of aromatic nitrogens is 3. The Hall–Kier alpha value is -6.29. The summed E-state index contributed by atoms with van der Waals surface area (Å²) >= 11 is 0. The Morgan fingerprint density at radius 1 is 0.414 bits per heavy atom. The van der Waals surface area contributed by atoms with Crippen molar-refractivity contribution in [3.05, 3.63) is 161 Å². The van der Waals surface area contributed by atoms with Crippen LogP contribution in [0.4, 0.5) is 34.5 Å². The second kappa shape index (κ2) is 34.5. The second-order valence-corrected chi connectivity index (χ2v) is 25.9. The number of hydrogen-bond acceptors (Lipinski definition) is 14. The number of piperidine rings is 1. The van der Waals surface area contributed by atoms with E-state index in [0.29, 0.717) is 18.1 Å². The Bertz CT molecular complexity index is 2750. The molecule has 0 radical (unpaired) electrons. The zero-order chi connectivity index (χ0) is 61.5. The van der Waals surface area contributed by atoms with Gasteiger partial charge in [-0.25, -0.2) is 15.0 Å². The van der Waals surface area contributed by atoms with Crippen molar-refractivity contribution in [1.29, 1.82) is 0 Å². The molecule has 6 aliphatic heterocycles. The van der Waals surface area contributed by atoms with E-state index in [-0.39, 0.29) is 0 Å². The van der Waals surface area contributed by atoms with Gasteiger partial charge in [0.05, 0.1) is 0 Å². The van der Waals surface area contributed by atoms with E-state index in [1.165, 1.54) is 135 Å². The molecule has 2 atom stereocenters. The lowest BCUT2D eigenvalue weighted by Gasteiger charge is -2.38. The molecular weight excluding hydrogens is 1070 g/mol.